The van der Waals surface area contributed by atoms with Gasteiger partial charge in [-0.25, -0.2) is 4.39 Å². The second-order valence-electron chi connectivity index (χ2n) is 5.70. The van der Waals surface area contributed by atoms with Crippen molar-refractivity contribution in [2.45, 2.75) is 0 Å². The van der Waals surface area contributed by atoms with Gasteiger partial charge in [-0.2, -0.15) is 0 Å². The van der Waals surface area contributed by atoms with Gasteiger partial charge in [0.25, 0.3) is 5.91 Å². The first-order valence-electron chi connectivity index (χ1n) is 7.95. The number of carbonyl (C=O) groups is 1. The highest BCUT2D eigenvalue weighted by atomic mass is 19.1. The molecule has 1 amide bonds. The first kappa shape index (κ1) is 15.1. The van der Waals surface area contributed by atoms with Crippen molar-refractivity contribution in [3.63, 3.8) is 0 Å². The van der Waals surface area contributed by atoms with Gasteiger partial charge in [-0.3, -0.25) is 9.69 Å². The Bertz CT molecular complexity index is 1020. The Labute approximate surface area is 144 Å². The number of H-pyrrole nitrogens is 1. The first-order valence-corrected chi connectivity index (χ1v) is 7.95. The van der Waals surface area contributed by atoms with Gasteiger partial charge in [0, 0.05) is 28.5 Å². The van der Waals surface area contributed by atoms with Crippen molar-refractivity contribution in [3.05, 3.63) is 96.4 Å². The number of fused-ring (bicyclic) bond motifs is 1. The Morgan fingerprint density at radius 3 is 2.20 bits per heavy atom. The predicted octanol–water partition coefficient (Wildman–Crippen LogP) is 5.29. The summed E-state index contributed by atoms with van der Waals surface area (Å²) in [6.07, 6.45) is 1.71. The SMILES string of the molecule is O=C(c1c[nH]c2ccccc12)N(c1ccccc1)c1ccc(F)cc1. The largest absolute Gasteiger partial charge is 0.360 e. The van der Waals surface area contributed by atoms with Gasteiger partial charge in [0.1, 0.15) is 5.82 Å². The fourth-order valence-corrected chi connectivity index (χ4v) is 2.92. The molecule has 1 aromatic heterocycles. The second-order valence-corrected chi connectivity index (χ2v) is 5.70. The Balaban J connectivity index is 1.85. The lowest BCUT2D eigenvalue weighted by molar-refractivity contribution is 0.100. The number of rotatable bonds is 3. The number of hydrogen-bond acceptors (Lipinski definition) is 1. The Hall–Kier alpha value is -3.40. The van der Waals surface area contributed by atoms with Crippen molar-refractivity contribution in [2.24, 2.45) is 0 Å². The Morgan fingerprint density at radius 2 is 1.44 bits per heavy atom. The molecule has 0 atom stereocenters. The predicted molar refractivity (Wildman–Crippen MR) is 97.6 cm³/mol. The zero-order valence-corrected chi connectivity index (χ0v) is 13.3. The summed E-state index contributed by atoms with van der Waals surface area (Å²) in [5.74, 6) is -0.508. The van der Waals surface area contributed by atoms with E-state index in [0.717, 1.165) is 16.6 Å². The van der Waals surface area contributed by atoms with E-state index in [1.165, 1.54) is 12.1 Å². The highest BCUT2D eigenvalue weighted by Gasteiger charge is 2.22. The lowest BCUT2D eigenvalue weighted by Gasteiger charge is -2.23. The molecule has 0 saturated heterocycles. The van der Waals surface area contributed by atoms with E-state index in [9.17, 15) is 9.18 Å². The van der Waals surface area contributed by atoms with E-state index in [0.29, 0.717) is 11.3 Å². The topological polar surface area (TPSA) is 36.1 Å². The van der Waals surface area contributed by atoms with Gasteiger partial charge in [-0.05, 0) is 42.5 Å². The number of para-hydroxylation sites is 2. The molecule has 1 heterocycles. The number of hydrogen-bond donors (Lipinski definition) is 1. The van der Waals surface area contributed by atoms with E-state index in [2.05, 4.69) is 4.98 Å². The highest BCUT2D eigenvalue weighted by Crippen LogP contribution is 2.29. The van der Waals surface area contributed by atoms with Gasteiger partial charge in [0.2, 0.25) is 0 Å². The molecule has 0 radical (unpaired) electrons. The molecule has 0 unspecified atom stereocenters. The lowest BCUT2D eigenvalue weighted by atomic mass is 10.1. The summed E-state index contributed by atoms with van der Waals surface area (Å²) >= 11 is 0. The maximum absolute atomic E-state index is 13.3. The van der Waals surface area contributed by atoms with Crippen LogP contribution >= 0.6 is 0 Å². The fraction of sp³-hybridized carbons (Fsp3) is 0. The molecule has 4 rings (SSSR count). The fourth-order valence-electron chi connectivity index (χ4n) is 2.92. The molecule has 25 heavy (non-hydrogen) atoms. The number of anilines is 2. The van der Waals surface area contributed by atoms with Crippen LogP contribution in [0.2, 0.25) is 0 Å². The molecule has 0 aliphatic heterocycles. The summed E-state index contributed by atoms with van der Waals surface area (Å²) in [7, 11) is 0. The van der Waals surface area contributed by atoms with Crippen LogP contribution in [-0.2, 0) is 0 Å². The molecule has 0 fully saturated rings. The molecule has 3 aromatic carbocycles. The van der Waals surface area contributed by atoms with E-state index in [4.69, 9.17) is 0 Å². The maximum Gasteiger partial charge on any atom is 0.264 e. The summed E-state index contributed by atoms with van der Waals surface area (Å²) in [4.78, 5) is 18.0. The average Bonchev–Trinajstić information content (AvgIpc) is 3.08. The van der Waals surface area contributed by atoms with Crippen LogP contribution in [0.1, 0.15) is 10.4 Å². The van der Waals surface area contributed by atoms with Gasteiger partial charge >= 0.3 is 0 Å². The number of benzene rings is 3. The van der Waals surface area contributed by atoms with Crippen molar-refractivity contribution in [1.82, 2.24) is 4.98 Å². The molecule has 0 saturated carbocycles. The first-order chi connectivity index (χ1) is 12.2. The number of halogens is 1. The number of nitrogens with one attached hydrogen (secondary N) is 1. The van der Waals surface area contributed by atoms with Gasteiger partial charge in [-0.1, -0.05) is 36.4 Å². The smallest absolute Gasteiger partial charge is 0.264 e. The normalized spacial score (nSPS) is 10.8. The zero-order chi connectivity index (χ0) is 17.2. The van der Waals surface area contributed by atoms with Crippen molar-refractivity contribution in [3.8, 4) is 0 Å². The van der Waals surface area contributed by atoms with Crippen LogP contribution in [0, 0.1) is 5.82 Å². The molecule has 3 nitrogen and oxygen atoms in total. The number of aromatic amines is 1. The van der Waals surface area contributed by atoms with Crippen LogP contribution < -0.4 is 4.90 Å². The third-order valence-corrected chi connectivity index (χ3v) is 4.12. The van der Waals surface area contributed by atoms with Crippen LogP contribution in [0.5, 0.6) is 0 Å². The maximum atomic E-state index is 13.3. The standard InChI is InChI=1S/C21H15FN2O/c22-15-10-12-17(13-11-15)24(16-6-2-1-3-7-16)21(25)19-14-23-20-9-5-4-8-18(19)20/h1-14,23H. The second kappa shape index (κ2) is 6.24. The monoisotopic (exact) mass is 330 g/mol. The number of carbonyl (C=O) groups excluding carboxylic acids is 1. The molecule has 1 N–H and O–H groups in total. The van der Waals surface area contributed by atoms with Gasteiger partial charge in [-0.15, -0.1) is 0 Å². The molecule has 0 spiro atoms. The Morgan fingerprint density at radius 1 is 0.800 bits per heavy atom. The van der Waals surface area contributed by atoms with Crippen molar-refractivity contribution in [1.29, 1.82) is 0 Å². The summed E-state index contributed by atoms with van der Waals surface area (Å²) in [6, 6.07) is 22.9. The van der Waals surface area contributed by atoms with Crippen LogP contribution in [-0.4, -0.2) is 10.9 Å². The summed E-state index contributed by atoms with van der Waals surface area (Å²) in [5, 5.41) is 0.857. The number of nitrogens with zero attached hydrogens (tertiary/aromatic N) is 1. The van der Waals surface area contributed by atoms with Crippen molar-refractivity contribution in [2.75, 3.05) is 4.90 Å². The quantitative estimate of drug-likeness (QED) is 0.545. The third kappa shape index (κ3) is 2.78. The molecular weight excluding hydrogens is 315 g/mol. The van der Waals surface area contributed by atoms with Gasteiger partial charge in [0.15, 0.2) is 0 Å². The number of amides is 1. The highest BCUT2D eigenvalue weighted by molar-refractivity contribution is 6.17. The molecule has 0 aliphatic rings. The molecule has 0 bridgehead atoms. The van der Waals surface area contributed by atoms with E-state index < -0.39 is 0 Å². The van der Waals surface area contributed by atoms with E-state index in [1.54, 1.807) is 23.2 Å². The average molecular weight is 330 g/mol. The minimum atomic E-state index is -0.337. The molecule has 4 heteroatoms. The number of aromatic nitrogens is 1. The van der Waals surface area contributed by atoms with Crippen LogP contribution in [0.3, 0.4) is 0 Å². The van der Waals surface area contributed by atoms with Gasteiger partial charge in [0.05, 0.1) is 5.56 Å². The van der Waals surface area contributed by atoms with Crippen molar-refractivity contribution < 1.29 is 9.18 Å². The summed E-state index contributed by atoms with van der Waals surface area (Å²) < 4.78 is 13.3. The molecule has 4 aromatic rings. The Kier molecular flexibility index (Phi) is 3.78. The minimum Gasteiger partial charge on any atom is -0.360 e. The molecule has 122 valence electrons. The van der Waals surface area contributed by atoms with E-state index in [1.807, 2.05) is 54.6 Å². The lowest BCUT2D eigenvalue weighted by Crippen LogP contribution is -2.25. The van der Waals surface area contributed by atoms with Crippen LogP contribution in [0.15, 0.2) is 85.1 Å². The molecule has 0 aliphatic carbocycles. The third-order valence-electron chi connectivity index (χ3n) is 4.12. The molecular formula is C21H15FN2O. The van der Waals surface area contributed by atoms with Crippen molar-refractivity contribution >= 4 is 28.2 Å². The van der Waals surface area contributed by atoms with Gasteiger partial charge < -0.3 is 4.98 Å². The summed E-state index contributed by atoms with van der Waals surface area (Å²) in [6.45, 7) is 0. The van der Waals surface area contributed by atoms with E-state index >= 15 is 0 Å². The zero-order valence-electron chi connectivity index (χ0n) is 13.3. The minimum absolute atomic E-state index is 0.171. The van der Waals surface area contributed by atoms with Crippen LogP contribution in [0.4, 0.5) is 15.8 Å². The van der Waals surface area contributed by atoms with Crippen LogP contribution in [0.25, 0.3) is 10.9 Å². The van der Waals surface area contributed by atoms with E-state index in [-0.39, 0.29) is 11.7 Å². The summed E-state index contributed by atoms with van der Waals surface area (Å²) in [5.41, 5.74) is 2.81.